The summed E-state index contributed by atoms with van der Waals surface area (Å²) in [5.41, 5.74) is 0. The molecule has 0 N–H and O–H groups in total. The van der Waals surface area contributed by atoms with Gasteiger partial charge in [0.1, 0.15) is 0 Å². The average Bonchev–Trinajstić information content (AvgIpc) is 2.19. The van der Waals surface area contributed by atoms with Crippen molar-refractivity contribution in [3.05, 3.63) is 12.3 Å². The largest absolute Gasteiger partial charge is 0.182 e. The summed E-state index contributed by atoms with van der Waals surface area (Å²) in [4.78, 5) is 0. The summed E-state index contributed by atoms with van der Waals surface area (Å²) >= 11 is 0. The second-order valence-corrected chi connectivity index (χ2v) is 1.93. The lowest BCUT2D eigenvalue weighted by Gasteiger charge is -1.95. The molecule has 0 spiro atoms. The maximum Gasteiger partial charge on any atom is 0.0911 e. The molecule has 0 aliphatic carbocycles. The molecule has 0 saturated heterocycles. The molecule has 1 aliphatic rings. The van der Waals surface area contributed by atoms with Gasteiger partial charge in [0.2, 0.25) is 0 Å². The summed E-state index contributed by atoms with van der Waals surface area (Å²) in [6, 6.07) is 0.389. The van der Waals surface area contributed by atoms with Crippen molar-refractivity contribution >= 4 is 0 Å². The van der Waals surface area contributed by atoms with Gasteiger partial charge in [-0.05, 0) is 12.5 Å². The van der Waals surface area contributed by atoms with E-state index in [-0.39, 0.29) is 0 Å². The lowest BCUT2D eigenvalue weighted by molar-refractivity contribution is 0.696. The Balaban J connectivity index is 2.27. The van der Waals surface area contributed by atoms with Crippen molar-refractivity contribution in [3.63, 3.8) is 0 Å². The third-order valence-electron chi connectivity index (χ3n) is 1.17. The van der Waals surface area contributed by atoms with Crippen LogP contribution in [-0.2, 0) is 0 Å². The van der Waals surface area contributed by atoms with Gasteiger partial charge in [0.05, 0.1) is 6.04 Å². The minimum absolute atomic E-state index is 0.389. The molecule has 0 aromatic carbocycles. The summed E-state index contributed by atoms with van der Waals surface area (Å²) in [7, 11) is 0. The highest BCUT2D eigenvalue weighted by Gasteiger charge is 2.02. The van der Waals surface area contributed by atoms with E-state index in [1.54, 1.807) is 6.20 Å². The fourth-order valence-electron chi connectivity index (χ4n) is 0.750. The number of nitrogens with zero attached hydrogens (tertiary/aromatic N) is 2. The Bertz CT molecular complexity index is 104. The standard InChI is InChI=1S/C6H10N2/c1-2-3-6-4-5-7-8-6/h4-6H,2-3H2,1H3. The van der Waals surface area contributed by atoms with E-state index < -0.39 is 0 Å². The summed E-state index contributed by atoms with van der Waals surface area (Å²) < 4.78 is 0. The molecule has 0 bridgehead atoms. The minimum Gasteiger partial charge on any atom is -0.182 e. The van der Waals surface area contributed by atoms with Crippen LogP contribution in [0.5, 0.6) is 0 Å². The van der Waals surface area contributed by atoms with Crippen LogP contribution in [0.1, 0.15) is 19.8 Å². The molecular weight excluding hydrogens is 100 g/mol. The van der Waals surface area contributed by atoms with Crippen LogP contribution in [0.15, 0.2) is 22.5 Å². The number of hydrogen-bond acceptors (Lipinski definition) is 2. The van der Waals surface area contributed by atoms with Gasteiger partial charge in [-0.1, -0.05) is 13.3 Å². The van der Waals surface area contributed by atoms with Crippen LogP contribution in [0.4, 0.5) is 0 Å². The van der Waals surface area contributed by atoms with Crippen molar-refractivity contribution < 1.29 is 0 Å². The van der Waals surface area contributed by atoms with E-state index in [0.29, 0.717) is 6.04 Å². The molecule has 1 rings (SSSR count). The lowest BCUT2D eigenvalue weighted by atomic mass is 10.2. The Kier molecular flexibility index (Phi) is 1.78. The van der Waals surface area contributed by atoms with Crippen LogP contribution >= 0.6 is 0 Å². The first-order valence-corrected chi connectivity index (χ1v) is 3.00. The first-order valence-electron chi connectivity index (χ1n) is 3.00. The van der Waals surface area contributed by atoms with Gasteiger partial charge >= 0.3 is 0 Å². The molecule has 1 atom stereocenters. The summed E-state index contributed by atoms with van der Waals surface area (Å²) in [5, 5.41) is 7.67. The van der Waals surface area contributed by atoms with Gasteiger partial charge in [-0.15, -0.1) is 0 Å². The Labute approximate surface area is 49.3 Å². The molecule has 2 nitrogen and oxygen atoms in total. The highest BCUT2D eigenvalue weighted by molar-refractivity contribution is 4.95. The van der Waals surface area contributed by atoms with Crippen LogP contribution in [0.25, 0.3) is 0 Å². The fraction of sp³-hybridized carbons (Fsp3) is 0.667. The van der Waals surface area contributed by atoms with Gasteiger partial charge < -0.3 is 0 Å². The monoisotopic (exact) mass is 110 g/mol. The van der Waals surface area contributed by atoms with Crippen LogP contribution in [0.3, 0.4) is 0 Å². The van der Waals surface area contributed by atoms with Gasteiger partial charge in [-0.2, -0.15) is 10.2 Å². The van der Waals surface area contributed by atoms with E-state index in [4.69, 9.17) is 0 Å². The van der Waals surface area contributed by atoms with Gasteiger partial charge in [0.15, 0.2) is 0 Å². The molecule has 1 aliphatic heterocycles. The molecule has 0 amide bonds. The van der Waals surface area contributed by atoms with Crippen molar-refractivity contribution in [2.24, 2.45) is 10.2 Å². The van der Waals surface area contributed by atoms with Crippen LogP contribution in [-0.4, -0.2) is 6.04 Å². The minimum atomic E-state index is 0.389. The number of azo groups is 1. The topological polar surface area (TPSA) is 24.7 Å². The van der Waals surface area contributed by atoms with Gasteiger partial charge in [0, 0.05) is 6.20 Å². The zero-order valence-corrected chi connectivity index (χ0v) is 5.04. The Morgan fingerprint density at radius 2 is 2.50 bits per heavy atom. The van der Waals surface area contributed by atoms with E-state index in [1.165, 1.54) is 6.42 Å². The molecule has 0 fully saturated rings. The van der Waals surface area contributed by atoms with E-state index in [1.807, 2.05) is 6.08 Å². The van der Waals surface area contributed by atoms with E-state index in [0.717, 1.165) is 6.42 Å². The molecule has 44 valence electrons. The predicted octanol–water partition coefficient (Wildman–Crippen LogP) is 2.13. The van der Waals surface area contributed by atoms with E-state index in [9.17, 15) is 0 Å². The summed E-state index contributed by atoms with van der Waals surface area (Å²) in [5.74, 6) is 0. The summed E-state index contributed by atoms with van der Waals surface area (Å²) in [6.07, 6.45) is 6.12. The predicted molar refractivity (Wildman–Crippen MR) is 32.7 cm³/mol. The molecule has 0 aromatic rings. The molecule has 0 aromatic heterocycles. The first kappa shape index (κ1) is 5.48. The molecule has 1 heterocycles. The zero-order chi connectivity index (χ0) is 5.82. The Morgan fingerprint density at radius 1 is 1.62 bits per heavy atom. The molecule has 0 radical (unpaired) electrons. The molecule has 1 unspecified atom stereocenters. The lowest BCUT2D eigenvalue weighted by Crippen LogP contribution is -1.93. The zero-order valence-electron chi connectivity index (χ0n) is 5.04. The third-order valence-corrected chi connectivity index (χ3v) is 1.17. The normalized spacial score (nSPS) is 24.9. The SMILES string of the molecule is CCCC1C=CN=N1. The van der Waals surface area contributed by atoms with Gasteiger partial charge in [-0.3, -0.25) is 0 Å². The second-order valence-electron chi connectivity index (χ2n) is 1.93. The molecule has 2 heteroatoms. The maximum atomic E-state index is 3.94. The van der Waals surface area contributed by atoms with Crippen LogP contribution in [0.2, 0.25) is 0 Å². The second kappa shape index (κ2) is 2.60. The van der Waals surface area contributed by atoms with Crippen LogP contribution < -0.4 is 0 Å². The van der Waals surface area contributed by atoms with Gasteiger partial charge in [0.25, 0.3) is 0 Å². The average molecular weight is 110 g/mol. The maximum absolute atomic E-state index is 3.94. The fourth-order valence-corrected chi connectivity index (χ4v) is 0.750. The first-order chi connectivity index (χ1) is 3.93. The van der Waals surface area contributed by atoms with Crippen molar-refractivity contribution in [2.45, 2.75) is 25.8 Å². The van der Waals surface area contributed by atoms with E-state index >= 15 is 0 Å². The quantitative estimate of drug-likeness (QED) is 0.520. The van der Waals surface area contributed by atoms with E-state index in [2.05, 4.69) is 17.2 Å². The van der Waals surface area contributed by atoms with Gasteiger partial charge in [-0.25, -0.2) is 0 Å². The van der Waals surface area contributed by atoms with Crippen molar-refractivity contribution in [1.82, 2.24) is 0 Å². The Morgan fingerprint density at radius 3 is 3.00 bits per heavy atom. The highest BCUT2D eigenvalue weighted by Crippen LogP contribution is 2.08. The molecule has 0 saturated carbocycles. The third kappa shape index (κ3) is 1.15. The van der Waals surface area contributed by atoms with Crippen LogP contribution in [0, 0.1) is 0 Å². The smallest absolute Gasteiger partial charge is 0.0911 e. The number of hydrogen-bond donors (Lipinski definition) is 0. The van der Waals surface area contributed by atoms with Crippen molar-refractivity contribution in [2.75, 3.05) is 0 Å². The summed E-state index contributed by atoms with van der Waals surface area (Å²) in [6.45, 7) is 2.15. The highest BCUT2D eigenvalue weighted by atomic mass is 15.1. The molecular formula is C6H10N2. The van der Waals surface area contributed by atoms with Crippen molar-refractivity contribution in [3.8, 4) is 0 Å². The Hall–Kier alpha value is -0.660. The molecule has 8 heavy (non-hydrogen) atoms. The van der Waals surface area contributed by atoms with Crippen molar-refractivity contribution in [1.29, 1.82) is 0 Å². The number of rotatable bonds is 2.